The Hall–Kier alpha value is -1.41. The number of rotatable bonds is 2. The molecule has 0 saturated heterocycles. The maximum atomic E-state index is 5.95. The summed E-state index contributed by atoms with van der Waals surface area (Å²) in [5.74, 6) is 1.19. The summed E-state index contributed by atoms with van der Waals surface area (Å²) in [5, 5.41) is 0.724. The van der Waals surface area contributed by atoms with Gasteiger partial charge < -0.3 is 0 Å². The summed E-state index contributed by atoms with van der Waals surface area (Å²) in [6, 6.07) is 9.59. The number of halogens is 1. The Labute approximate surface area is 100 Å². The summed E-state index contributed by atoms with van der Waals surface area (Å²) in [5.41, 5.74) is 1.94. The zero-order valence-corrected chi connectivity index (χ0v) is 10.1. The van der Waals surface area contributed by atoms with Gasteiger partial charge in [-0.05, 0) is 18.2 Å². The van der Waals surface area contributed by atoms with Crippen molar-refractivity contribution in [3.05, 3.63) is 47.4 Å². The molecular formula is C13H13ClN2. The lowest BCUT2D eigenvalue weighted by Crippen LogP contribution is -1.97. The van der Waals surface area contributed by atoms with Gasteiger partial charge in [0.1, 0.15) is 5.82 Å². The van der Waals surface area contributed by atoms with E-state index < -0.39 is 0 Å². The molecule has 0 spiro atoms. The Morgan fingerprint density at radius 2 is 2.00 bits per heavy atom. The molecule has 2 aromatic rings. The highest BCUT2D eigenvalue weighted by Gasteiger charge is 2.05. The third-order valence-electron chi connectivity index (χ3n) is 2.31. The fourth-order valence-electron chi connectivity index (χ4n) is 1.46. The highest BCUT2D eigenvalue weighted by Crippen LogP contribution is 2.21. The summed E-state index contributed by atoms with van der Waals surface area (Å²) in [6.07, 6.45) is 1.79. The van der Waals surface area contributed by atoms with Gasteiger partial charge in [0.25, 0.3) is 0 Å². The van der Waals surface area contributed by atoms with E-state index in [0.717, 1.165) is 22.1 Å². The van der Waals surface area contributed by atoms with Crippen LogP contribution in [-0.2, 0) is 0 Å². The van der Waals surface area contributed by atoms with E-state index in [9.17, 15) is 0 Å². The summed E-state index contributed by atoms with van der Waals surface area (Å²) in [6.45, 7) is 4.16. The van der Waals surface area contributed by atoms with Gasteiger partial charge in [-0.25, -0.2) is 9.97 Å². The Kier molecular flexibility index (Phi) is 3.20. The molecule has 0 N–H and O–H groups in total. The minimum atomic E-state index is 0.333. The molecule has 0 saturated carbocycles. The van der Waals surface area contributed by atoms with Crippen LogP contribution >= 0.6 is 11.6 Å². The number of hydrogen-bond donors (Lipinski definition) is 0. The van der Waals surface area contributed by atoms with Crippen molar-refractivity contribution < 1.29 is 0 Å². The van der Waals surface area contributed by atoms with Gasteiger partial charge in [-0.1, -0.05) is 37.6 Å². The van der Waals surface area contributed by atoms with E-state index >= 15 is 0 Å². The van der Waals surface area contributed by atoms with Crippen LogP contribution in [0.4, 0.5) is 0 Å². The molecule has 82 valence electrons. The zero-order chi connectivity index (χ0) is 11.5. The van der Waals surface area contributed by atoms with E-state index in [1.54, 1.807) is 6.20 Å². The Balaban J connectivity index is 2.44. The second-order valence-corrected chi connectivity index (χ2v) is 4.40. The van der Waals surface area contributed by atoms with Crippen LogP contribution in [0, 0.1) is 0 Å². The molecule has 0 radical (unpaired) electrons. The summed E-state index contributed by atoms with van der Waals surface area (Å²) < 4.78 is 0. The largest absolute Gasteiger partial charge is 0.241 e. The highest BCUT2D eigenvalue weighted by molar-refractivity contribution is 6.30. The molecule has 2 rings (SSSR count). The minimum Gasteiger partial charge on any atom is -0.241 e. The first-order chi connectivity index (χ1) is 7.66. The van der Waals surface area contributed by atoms with Crippen molar-refractivity contribution in [1.29, 1.82) is 0 Å². The Bertz CT molecular complexity index is 495. The standard InChI is InChI=1S/C13H13ClN2/c1-9(2)13-15-7-6-12(16-13)10-4-3-5-11(14)8-10/h3-9H,1-2H3. The Morgan fingerprint density at radius 3 is 2.69 bits per heavy atom. The quantitative estimate of drug-likeness (QED) is 0.784. The molecule has 1 aromatic heterocycles. The molecule has 1 heterocycles. The minimum absolute atomic E-state index is 0.333. The van der Waals surface area contributed by atoms with E-state index in [1.807, 2.05) is 30.3 Å². The van der Waals surface area contributed by atoms with Gasteiger partial charge in [-0.15, -0.1) is 0 Å². The zero-order valence-electron chi connectivity index (χ0n) is 9.31. The second-order valence-electron chi connectivity index (χ2n) is 3.97. The van der Waals surface area contributed by atoms with Crippen LogP contribution in [-0.4, -0.2) is 9.97 Å². The van der Waals surface area contributed by atoms with Crippen LogP contribution in [0.2, 0.25) is 5.02 Å². The summed E-state index contributed by atoms with van der Waals surface area (Å²) in [4.78, 5) is 8.76. The molecule has 0 unspecified atom stereocenters. The van der Waals surface area contributed by atoms with Crippen LogP contribution in [0.1, 0.15) is 25.6 Å². The SMILES string of the molecule is CC(C)c1nccc(-c2cccc(Cl)c2)n1. The third-order valence-corrected chi connectivity index (χ3v) is 2.55. The average molecular weight is 233 g/mol. The van der Waals surface area contributed by atoms with Gasteiger partial charge >= 0.3 is 0 Å². The molecule has 0 bridgehead atoms. The first-order valence-corrected chi connectivity index (χ1v) is 5.63. The lowest BCUT2D eigenvalue weighted by atomic mass is 10.1. The molecule has 0 aliphatic rings. The molecule has 0 aliphatic heterocycles. The van der Waals surface area contributed by atoms with E-state index in [2.05, 4.69) is 23.8 Å². The lowest BCUT2D eigenvalue weighted by molar-refractivity contribution is 0.776. The predicted molar refractivity (Wildman–Crippen MR) is 66.6 cm³/mol. The predicted octanol–water partition coefficient (Wildman–Crippen LogP) is 3.92. The van der Waals surface area contributed by atoms with Crippen molar-refractivity contribution in [3.8, 4) is 11.3 Å². The number of benzene rings is 1. The van der Waals surface area contributed by atoms with Crippen molar-refractivity contribution in [2.45, 2.75) is 19.8 Å². The van der Waals surface area contributed by atoms with Crippen LogP contribution in [0.3, 0.4) is 0 Å². The number of nitrogens with zero attached hydrogens (tertiary/aromatic N) is 2. The third kappa shape index (κ3) is 2.39. The molecule has 3 heteroatoms. The Morgan fingerprint density at radius 1 is 1.19 bits per heavy atom. The average Bonchev–Trinajstić information content (AvgIpc) is 2.29. The van der Waals surface area contributed by atoms with Crippen molar-refractivity contribution in [3.63, 3.8) is 0 Å². The van der Waals surface area contributed by atoms with E-state index in [0.29, 0.717) is 5.92 Å². The number of hydrogen-bond acceptors (Lipinski definition) is 2. The van der Waals surface area contributed by atoms with Gasteiger partial charge in [0.15, 0.2) is 0 Å². The fourth-order valence-corrected chi connectivity index (χ4v) is 1.65. The van der Waals surface area contributed by atoms with Crippen LogP contribution in [0.15, 0.2) is 36.5 Å². The van der Waals surface area contributed by atoms with E-state index in [4.69, 9.17) is 11.6 Å². The van der Waals surface area contributed by atoms with Crippen LogP contribution in [0.5, 0.6) is 0 Å². The molecule has 1 aromatic carbocycles. The summed E-state index contributed by atoms with van der Waals surface area (Å²) in [7, 11) is 0. The van der Waals surface area contributed by atoms with Crippen LogP contribution in [0.25, 0.3) is 11.3 Å². The van der Waals surface area contributed by atoms with Crippen molar-refractivity contribution in [2.24, 2.45) is 0 Å². The molecule has 0 fully saturated rings. The van der Waals surface area contributed by atoms with Gasteiger partial charge in [0, 0.05) is 22.7 Å². The van der Waals surface area contributed by atoms with Crippen molar-refractivity contribution >= 4 is 11.6 Å². The van der Waals surface area contributed by atoms with Gasteiger partial charge in [-0.2, -0.15) is 0 Å². The normalized spacial score (nSPS) is 10.8. The maximum absolute atomic E-state index is 5.95. The first kappa shape index (κ1) is 11.1. The fraction of sp³-hybridized carbons (Fsp3) is 0.231. The van der Waals surface area contributed by atoms with E-state index in [1.165, 1.54) is 0 Å². The van der Waals surface area contributed by atoms with Crippen molar-refractivity contribution in [1.82, 2.24) is 9.97 Å². The second kappa shape index (κ2) is 4.62. The maximum Gasteiger partial charge on any atom is 0.131 e. The smallest absolute Gasteiger partial charge is 0.131 e. The molecule has 16 heavy (non-hydrogen) atoms. The van der Waals surface area contributed by atoms with Gasteiger partial charge in [0.2, 0.25) is 0 Å². The van der Waals surface area contributed by atoms with Crippen molar-refractivity contribution in [2.75, 3.05) is 0 Å². The molecule has 0 atom stereocenters. The molecule has 2 nitrogen and oxygen atoms in total. The topological polar surface area (TPSA) is 25.8 Å². The van der Waals surface area contributed by atoms with E-state index in [-0.39, 0.29) is 0 Å². The number of aromatic nitrogens is 2. The van der Waals surface area contributed by atoms with Gasteiger partial charge in [0.05, 0.1) is 5.69 Å². The molecule has 0 aliphatic carbocycles. The highest BCUT2D eigenvalue weighted by atomic mass is 35.5. The first-order valence-electron chi connectivity index (χ1n) is 5.25. The molecule has 0 amide bonds. The molecular weight excluding hydrogens is 220 g/mol. The van der Waals surface area contributed by atoms with Gasteiger partial charge in [-0.3, -0.25) is 0 Å². The van der Waals surface area contributed by atoms with Crippen LogP contribution < -0.4 is 0 Å². The summed E-state index contributed by atoms with van der Waals surface area (Å²) >= 11 is 5.95. The lowest BCUT2D eigenvalue weighted by Gasteiger charge is -2.06. The monoisotopic (exact) mass is 232 g/mol.